The van der Waals surface area contributed by atoms with Gasteiger partial charge in [-0.25, -0.2) is 0 Å². The molecule has 1 atom stereocenters. The Morgan fingerprint density at radius 2 is 1.91 bits per heavy atom. The van der Waals surface area contributed by atoms with Crippen LogP contribution in [-0.2, 0) is 6.54 Å². The highest BCUT2D eigenvalue weighted by Crippen LogP contribution is 2.47. The lowest BCUT2D eigenvalue weighted by Gasteiger charge is -2.31. The molecule has 0 amide bonds. The lowest BCUT2D eigenvalue weighted by Crippen LogP contribution is -2.29. The van der Waals surface area contributed by atoms with Crippen LogP contribution in [0.4, 0.5) is 5.69 Å². The van der Waals surface area contributed by atoms with E-state index >= 15 is 0 Å². The molecule has 1 N–H and O–H groups in total. The SMILES string of the molecule is C=N/N=c1/c(C)cc(N2C(=C)C(NCCC)=C(C(=C)C)C2c2ccc(Cl)cc2)cn1CC. The number of nitrogens with zero attached hydrogens (tertiary/aromatic N) is 4. The van der Waals surface area contributed by atoms with Crippen molar-refractivity contribution in [1.29, 1.82) is 0 Å². The summed E-state index contributed by atoms with van der Waals surface area (Å²) in [5.41, 5.74) is 8.10. The van der Waals surface area contributed by atoms with Crippen molar-refractivity contribution in [2.75, 3.05) is 11.4 Å². The van der Waals surface area contributed by atoms with Gasteiger partial charge in [0.1, 0.15) is 0 Å². The zero-order valence-electron chi connectivity index (χ0n) is 19.5. The number of pyridine rings is 1. The molecule has 2 heterocycles. The topological polar surface area (TPSA) is 44.9 Å². The summed E-state index contributed by atoms with van der Waals surface area (Å²) in [7, 11) is 0. The van der Waals surface area contributed by atoms with Crippen LogP contribution < -0.4 is 15.7 Å². The van der Waals surface area contributed by atoms with Crippen LogP contribution in [0.3, 0.4) is 0 Å². The first-order valence-electron chi connectivity index (χ1n) is 10.9. The fourth-order valence-electron chi connectivity index (χ4n) is 4.20. The van der Waals surface area contributed by atoms with E-state index in [4.69, 9.17) is 11.6 Å². The Morgan fingerprint density at radius 1 is 1.22 bits per heavy atom. The molecule has 1 aromatic carbocycles. The number of halogens is 1. The Morgan fingerprint density at radius 3 is 2.47 bits per heavy atom. The molecule has 0 saturated heterocycles. The van der Waals surface area contributed by atoms with Gasteiger partial charge in [0.2, 0.25) is 0 Å². The average Bonchev–Trinajstić information content (AvgIpc) is 3.06. The van der Waals surface area contributed by atoms with E-state index in [0.717, 1.165) is 64.4 Å². The quantitative estimate of drug-likeness (QED) is 0.403. The van der Waals surface area contributed by atoms with Crippen molar-refractivity contribution in [3.63, 3.8) is 0 Å². The number of anilines is 1. The maximum atomic E-state index is 6.20. The van der Waals surface area contributed by atoms with Crippen molar-refractivity contribution >= 4 is 24.0 Å². The number of hydrogen-bond donors (Lipinski definition) is 1. The molecular formula is C26H32ClN5. The molecule has 0 radical (unpaired) electrons. The van der Waals surface area contributed by atoms with E-state index in [1.54, 1.807) is 0 Å². The van der Waals surface area contributed by atoms with Gasteiger partial charge in [0, 0.05) is 36.6 Å². The Balaban J connectivity index is 2.26. The molecule has 0 saturated carbocycles. The van der Waals surface area contributed by atoms with Gasteiger partial charge >= 0.3 is 0 Å². The van der Waals surface area contributed by atoms with Gasteiger partial charge in [0.15, 0.2) is 5.49 Å². The molecular weight excluding hydrogens is 418 g/mol. The first-order valence-corrected chi connectivity index (χ1v) is 11.3. The van der Waals surface area contributed by atoms with Crippen LogP contribution in [0, 0.1) is 6.92 Å². The zero-order valence-corrected chi connectivity index (χ0v) is 20.2. The average molecular weight is 450 g/mol. The minimum atomic E-state index is -0.0679. The van der Waals surface area contributed by atoms with E-state index in [2.05, 4.69) is 90.0 Å². The molecule has 0 bridgehead atoms. The largest absolute Gasteiger partial charge is 0.383 e. The number of benzene rings is 1. The standard InChI is InChI=1S/C26H32ClN5/c1-8-14-29-24-19(6)32(22-15-18(5)26(30-28-7)31(9-2)16-22)25(23(24)17(3)4)20-10-12-21(27)13-11-20/h10-13,15-16,25,29H,3,6-9,14H2,1-2,4-5H3/b30-26-. The van der Waals surface area contributed by atoms with E-state index < -0.39 is 0 Å². The zero-order chi connectivity index (χ0) is 23.4. The van der Waals surface area contributed by atoms with Gasteiger partial charge in [-0.1, -0.05) is 49.4 Å². The van der Waals surface area contributed by atoms with Gasteiger partial charge in [0.05, 0.1) is 23.1 Å². The van der Waals surface area contributed by atoms with Crippen molar-refractivity contribution in [3.8, 4) is 0 Å². The van der Waals surface area contributed by atoms with E-state index in [1.165, 1.54) is 0 Å². The van der Waals surface area contributed by atoms with Gasteiger partial charge in [-0.2, -0.15) is 5.10 Å². The summed E-state index contributed by atoms with van der Waals surface area (Å²) >= 11 is 6.20. The fourth-order valence-corrected chi connectivity index (χ4v) is 4.33. The van der Waals surface area contributed by atoms with E-state index in [9.17, 15) is 0 Å². The number of hydrogen-bond acceptors (Lipinski definition) is 4. The third-order valence-corrected chi connectivity index (χ3v) is 5.89. The maximum Gasteiger partial charge on any atom is 0.158 e. The second-order valence-corrected chi connectivity index (χ2v) is 8.44. The Hall–Kier alpha value is -3.05. The predicted octanol–water partition coefficient (Wildman–Crippen LogP) is 5.89. The molecule has 1 aromatic heterocycles. The van der Waals surface area contributed by atoms with E-state index in [1.807, 2.05) is 19.1 Å². The molecule has 5 nitrogen and oxygen atoms in total. The number of nitrogens with one attached hydrogen (secondary N) is 1. The third kappa shape index (κ3) is 4.44. The highest BCUT2D eigenvalue weighted by atomic mass is 35.5. The van der Waals surface area contributed by atoms with Gasteiger partial charge in [-0.15, -0.1) is 5.10 Å². The van der Waals surface area contributed by atoms with Crippen molar-refractivity contribution in [1.82, 2.24) is 9.88 Å². The van der Waals surface area contributed by atoms with Crippen LogP contribution in [0.25, 0.3) is 0 Å². The number of rotatable bonds is 8. The molecule has 32 heavy (non-hydrogen) atoms. The highest BCUT2D eigenvalue weighted by Gasteiger charge is 2.37. The summed E-state index contributed by atoms with van der Waals surface area (Å²) in [6.45, 7) is 22.3. The molecule has 168 valence electrons. The summed E-state index contributed by atoms with van der Waals surface area (Å²) in [5, 5.41) is 12.3. The lowest BCUT2D eigenvalue weighted by molar-refractivity contribution is 0.691. The van der Waals surface area contributed by atoms with Gasteiger partial charge in [0.25, 0.3) is 0 Å². The number of aromatic nitrogens is 1. The Labute approximate surface area is 196 Å². The van der Waals surface area contributed by atoms with Crippen LogP contribution in [0.1, 0.15) is 44.4 Å². The molecule has 1 aliphatic rings. The predicted molar refractivity (Wildman–Crippen MR) is 136 cm³/mol. The summed E-state index contributed by atoms with van der Waals surface area (Å²) < 4.78 is 2.09. The molecule has 0 aliphatic carbocycles. The smallest absolute Gasteiger partial charge is 0.158 e. The molecule has 1 unspecified atom stereocenters. The van der Waals surface area contributed by atoms with Crippen molar-refractivity contribution in [3.05, 3.63) is 93.9 Å². The van der Waals surface area contributed by atoms with Crippen molar-refractivity contribution in [2.45, 2.75) is 46.7 Å². The molecule has 6 heteroatoms. The third-order valence-electron chi connectivity index (χ3n) is 5.64. The van der Waals surface area contributed by atoms with Crippen LogP contribution in [0.15, 0.2) is 82.4 Å². The van der Waals surface area contributed by atoms with Gasteiger partial charge < -0.3 is 14.8 Å². The van der Waals surface area contributed by atoms with Crippen LogP contribution in [-0.4, -0.2) is 17.8 Å². The normalized spacial score (nSPS) is 16.7. The van der Waals surface area contributed by atoms with Gasteiger partial charge in [-0.3, -0.25) is 0 Å². The van der Waals surface area contributed by atoms with Gasteiger partial charge in [-0.05, 0) is 56.5 Å². The minimum absolute atomic E-state index is 0.0679. The summed E-state index contributed by atoms with van der Waals surface area (Å²) in [4.78, 5) is 2.27. The molecule has 3 rings (SSSR count). The molecule has 1 aliphatic heterocycles. The summed E-state index contributed by atoms with van der Waals surface area (Å²) in [5.74, 6) is 0. The minimum Gasteiger partial charge on any atom is -0.383 e. The molecule has 2 aromatic rings. The van der Waals surface area contributed by atoms with Crippen molar-refractivity contribution in [2.24, 2.45) is 10.2 Å². The maximum absolute atomic E-state index is 6.20. The van der Waals surface area contributed by atoms with E-state index in [-0.39, 0.29) is 6.04 Å². The second-order valence-electron chi connectivity index (χ2n) is 8.00. The summed E-state index contributed by atoms with van der Waals surface area (Å²) in [6.07, 6.45) is 3.12. The fraction of sp³-hybridized carbons (Fsp3) is 0.308. The monoisotopic (exact) mass is 449 g/mol. The first kappa shape index (κ1) is 23.6. The Kier molecular flexibility index (Phi) is 7.41. The van der Waals surface area contributed by atoms with Crippen LogP contribution in [0.2, 0.25) is 5.02 Å². The first-order chi connectivity index (χ1) is 15.3. The second kappa shape index (κ2) is 10.0. The number of aryl methyl sites for hydroxylation is 2. The highest BCUT2D eigenvalue weighted by molar-refractivity contribution is 6.30. The molecule has 0 spiro atoms. The van der Waals surface area contributed by atoms with Crippen LogP contribution >= 0.6 is 11.6 Å². The lowest BCUT2D eigenvalue weighted by atomic mass is 9.94. The van der Waals surface area contributed by atoms with E-state index in [0.29, 0.717) is 5.02 Å². The summed E-state index contributed by atoms with van der Waals surface area (Å²) in [6, 6.07) is 10.1. The van der Waals surface area contributed by atoms with Crippen molar-refractivity contribution < 1.29 is 0 Å². The molecule has 0 fully saturated rings. The van der Waals surface area contributed by atoms with Crippen LogP contribution in [0.5, 0.6) is 0 Å². The Bertz CT molecular complexity index is 1140.